The van der Waals surface area contributed by atoms with Crippen LogP contribution in [0.2, 0.25) is 0 Å². The fourth-order valence-electron chi connectivity index (χ4n) is 1.83. The van der Waals surface area contributed by atoms with Crippen molar-refractivity contribution < 1.29 is 14.3 Å². The first-order valence-corrected chi connectivity index (χ1v) is 6.39. The monoisotopic (exact) mass is 335 g/mol. The summed E-state index contributed by atoms with van der Waals surface area (Å²) in [5.74, 6) is -1.22. The molecule has 0 saturated carbocycles. The van der Waals surface area contributed by atoms with Gasteiger partial charge in [-0.1, -0.05) is 6.07 Å². The van der Waals surface area contributed by atoms with Gasteiger partial charge in [0.15, 0.2) is 5.65 Å². The number of aromatic amines is 1. The van der Waals surface area contributed by atoms with Crippen LogP contribution >= 0.6 is 15.9 Å². The number of fused-ring (bicyclic) bond motifs is 1. The third-order valence-electron chi connectivity index (χ3n) is 2.79. The van der Waals surface area contributed by atoms with Gasteiger partial charge in [-0.2, -0.15) is 0 Å². The Morgan fingerprint density at radius 3 is 2.95 bits per heavy atom. The molecule has 3 aromatic rings. The second kappa shape index (κ2) is 4.68. The molecule has 2 N–H and O–H groups in total. The molecule has 0 atom stereocenters. The van der Waals surface area contributed by atoms with Gasteiger partial charge in [-0.3, -0.25) is 0 Å². The summed E-state index contributed by atoms with van der Waals surface area (Å²) in [7, 11) is 0. The molecule has 2 aromatic heterocycles. The summed E-state index contributed by atoms with van der Waals surface area (Å²) in [6.07, 6.45) is 1.21. The quantitative estimate of drug-likeness (QED) is 0.753. The number of benzene rings is 1. The van der Waals surface area contributed by atoms with Gasteiger partial charge in [0.25, 0.3) is 0 Å². The average molecular weight is 336 g/mol. The molecule has 0 saturated heterocycles. The van der Waals surface area contributed by atoms with Gasteiger partial charge >= 0.3 is 5.97 Å². The van der Waals surface area contributed by atoms with Crippen molar-refractivity contribution in [2.45, 2.75) is 0 Å². The third kappa shape index (κ3) is 2.05. The van der Waals surface area contributed by atoms with Crippen LogP contribution in [-0.2, 0) is 0 Å². The van der Waals surface area contributed by atoms with E-state index >= 15 is 0 Å². The first kappa shape index (κ1) is 12.7. The van der Waals surface area contributed by atoms with Crippen LogP contribution in [0.5, 0.6) is 0 Å². The number of aromatic carboxylic acids is 1. The second-order valence-corrected chi connectivity index (χ2v) is 4.94. The van der Waals surface area contributed by atoms with Crippen molar-refractivity contribution in [1.82, 2.24) is 15.0 Å². The van der Waals surface area contributed by atoms with Crippen LogP contribution in [0.1, 0.15) is 10.4 Å². The zero-order valence-corrected chi connectivity index (χ0v) is 11.5. The fraction of sp³-hybridized carbons (Fsp3) is 0. The van der Waals surface area contributed by atoms with E-state index in [1.807, 2.05) is 0 Å². The lowest BCUT2D eigenvalue weighted by molar-refractivity contribution is 0.0696. The molecule has 0 amide bonds. The molecule has 0 unspecified atom stereocenters. The van der Waals surface area contributed by atoms with Gasteiger partial charge in [-0.25, -0.2) is 19.2 Å². The predicted molar refractivity (Wildman–Crippen MR) is 73.9 cm³/mol. The highest BCUT2D eigenvalue weighted by molar-refractivity contribution is 9.10. The number of carboxylic acids is 1. The van der Waals surface area contributed by atoms with Gasteiger partial charge in [0.2, 0.25) is 0 Å². The number of hydrogen-bond acceptors (Lipinski definition) is 3. The first-order valence-electron chi connectivity index (χ1n) is 5.59. The van der Waals surface area contributed by atoms with Crippen LogP contribution in [0.4, 0.5) is 4.39 Å². The van der Waals surface area contributed by atoms with Crippen LogP contribution < -0.4 is 0 Å². The minimum atomic E-state index is -1.08. The number of hydrogen-bond donors (Lipinski definition) is 2. The number of carboxylic acid groups (broad SMARTS) is 1. The summed E-state index contributed by atoms with van der Waals surface area (Å²) in [6, 6.07) is 6.26. The van der Waals surface area contributed by atoms with Crippen LogP contribution in [0, 0.1) is 5.82 Å². The standard InChI is InChI=1S/C13H7BrFN3O2/c14-8-3-1-2-7(10(8)15)11-17-9-4-6(13(19)20)5-16-12(9)18-11/h1-5H,(H,19,20)(H,16,17,18). The Morgan fingerprint density at radius 2 is 2.20 bits per heavy atom. The molecule has 0 bridgehead atoms. The van der Waals surface area contributed by atoms with Gasteiger partial charge in [-0.15, -0.1) is 0 Å². The maximum absolute atomic E-state index is 14.0. The van der Waals surface area contributed by atoms with Crippen molar-refractivity contribution in [2.75, 3.05) is 0 Å². The van der Waals surface area contributed by atoms with Gasteiger partial charge in [-0.05, 0) is 34.1 Å². The van der Waals surface area contributed by atoms with E-state index in [1.54, 1.807) is 18.2 Å². The number of nitrogens with zero attached hydrogens (tertiary/aromatic N) is 2. The number of carbonyl (C=O) groups is 1. The van der Waals surface area contributed by atoms with Crippen LogP contribution in [0.15, 0.2) is 34.9 Å². The summed E-state index contributed by atoms with van der Waals surface area (Å²) in [6.45, 7) is 0. The van der Waals surface area contributed by atoms with E-state index in [4.69, 9.17) is 5.11 Å². The van der Waals surface area contributed by atoms with Gasteiger partial charge in [0.05, 0.1) is 21.1 Å². The summed E-state index contributed by atoms with van der Waals surface area (Å²) in [5.41, 5.74) is 1.11. The molecule has 0 spiro atoms. The van der Waals surface area contributed by atoms with Crippen molar-refractivity contribution in [3.05, 3.63) is 46.3 Å². The Hall–Kier alpha value is -2.28. The fourth-order valence-corrected chi connectivity index (χ4v) is 2.20. The van der Waals surface area contributed by atoms with E-state index in [-0.39, 0.29) is 11.1 Å². The molecule has 3 rings (SSSR count). The highest BCUT2D eigenvalue weighted by Gasteiger charge is 2.14. The van der Waals surface area contributed by atoms with E-state index in [9.17, 15) is 9.18 Å². The Morgan fingerprint density at radius 1 is 1.40 bits per heavy atom. The lowest BCUT2D eigenvalue weighted by atomic mass is 10.2. The number of H-pyrrole nitrogens is 1. The van der Waals surface area contributed by atoms with E-state index in [1.165, 1.54) is 12.3 Å². The first-order chi connectivity index (χ1) is 9.56. The molecule has 0 aliphatic heterocycles. The lowest BCUT2D eigenvalue weighted by Gasteiger charge is -2.00. The third-order valence-corrected chi connectivity index (χ3v) is 3.40. The normalized spacial score (nSPS) is 10.9. The number of rotatable bonds is 2. The van der Waals surface area contributed by atoms with Gasteiger partial charge < -0.3 is 10.1 Å². The molecule has 0 fully saturated rings. The molecule has 1 aromatic carbocycles. The molecule has 20 heavy (non-hydrogen) atoms. The Balaban J connectivity index is 2.18. The highest BCUT2D eigenvalue weighted by Crippen LogP contribution is 2.27. The maximum Gasteiger partial charge on any atom is 0.337 e. The van der Waals surface area contributed by atoms with Crippen molar-refractivity contribution in [1.29, 1.82) is 0 Å². The van der Waals surface area contributed by atoms with E-state index in [2.05, 4.69) is 30.9 Å². The minimum absolute atomic E-state index is 0.0439. The number of aromatic nitrogens is 3. The molecule has 0 aliphatic carbocycles. The average Bonchev–Trinajstić information content (AvgIpc) is 2.84. The SMILES string of the molecule is O=C(O)c1cnc2nc(-c3cccc(Br)c3F)[nH]c2c1. The van der Waals surface area contributed by atoms with E-state index < -0.39 is 11.8 Å². The van der Waals surface area contributed by atoms with Crippen molar-refractivity contribution in [3.8, 4) is 11.4 Å². The van der Waals surface area contributed by atoms with Crippen molar-refractivity contribution in [3.63, 3.8) is 0 Å². The smallest absolute Gasteiger partial charge is 0.337 e. The molecule has 0 aliphatic rings. The van der Waals surface area contributed by atoms with Crippen molar-refractivity contribution >= 4 is 33.1 Å². The van der Waals surface area contributed by atoms with Crippen LogP contribution in [0.3, 0.4) is 0 Å². The molecule has 100 valence electrons. The van der Waals surface area contributed by atoms with Crippen LogP contribution in [-0.4, -0.2) is 26.0 Å². The van der Waals surface area contributed by atoms with Crippen molar-refractivity contribution in [2.24, 2.45) is 0 Å². The maximum atomic E-state index is 14.0. The number of halogens is 2. The largest absolute Gasteiger partial charge is 0.478 e. The molecule has 2 heterocycles. The molecule has 7 heteroatoms. The summed E-state index contributed by atoms with van der Waals surface area (Å²) in [5, 5.41) is 8.91. The highest BCUT2D eigenvalue weighted by atomic mass is 79.9. The zero-order chi connectivity index (χ0) is 14.3. The van der Waals surface area contributed by atoms with E-state index in [0.29, 0.717) is 21.5 Å². The topological polar surface area (TPSA) is 78.9 Å². The Kier molecular flexibility index (Phi) is 2.98. The Labute approximate surface area is 120 Å². The van der Waals surface area contributed by atoms with Gasteiger partial charge in [0.1, 0.15) is 11.6 Å². The second-order valence-electron chi connectivity index (χ2n) is 4.09. The molecule has 0 radical (unpaired) electrons. The summed E-state index contributed by atoms with van der Waals surface area (Å²) >= 11 is 3.11. The number of imidazole rings is 1. The number of pyridine rings is 1. The zero-order valence-electron chi connectivity index (χ0n) is 9.89. The Bertz CT molecular complexity index is 832. The summed E-state index contributed by atoms with van der Waals surface area (Å²) < 4.78 is 14.3. The van der Waals surface area contributed by atoms with E-state index in [0.717, 1.165) is 0 Å². The molecular formula is C13H7BrFN3O2. The van der Waals surface area contributed by atoms with Crippen LogP contribution in [0.25, 0.3) is 22.6 Å². The number of nitrogens with one attached hydrogen (secondary N) is 1. The minimum Gasteiger partial charge on any atom is -0.478 e. The molecule has 5 nitrogen and oxygen atoms in total. The summed E-state index contributed by atoms with van der Waals surface area (Å²) in [4.78, 5) is 21.9. The van der Waals surface area contributed by atoms with Gasteiger partial charge in [0, 0.05) is 6.20 Å². The predicted octanol–water partition coefficient (Wildman–Crippen LogP) is 3.22. The molecular weight excluding hydrogens is 329 g/mol. The lowest BCUT2D eigenvalue weighted by Crippen LogP contribution is -1.96.